The zero-order valence-electron chi connectivity index (χ0n) is 9.82. The number of nitrogens with one attached hydrogen (secondary N) is 2. The lowest BCUT2D eigenvalue weighted by molar-refractivity contribution is 0.576. The Hall–Kier alpha value is -0.920. The number of hydrogen-bond donors (Lipinski definition) is 2. The number of likely N-dealkylation sites (N-methyl/N-ethyl adjacent to an activating group) is 1. The van der Waals surface area contributed by atoms with Gasteiger partial charge < -0.3 is 5.32 Å². The van der Waals surface area contributed by atoms with Crippen LogP contribution in [0.1, 0.15) is 12.6 Å². The molecule has 1 heterocycles. The van der Waals surface area contributed by atoms with Crippen LogP contribution in [0.5, 0.6) is 0 Å². The first-order valence-corrected chi connectivity index (χ1v) is 6.66. The second-order valence-electron chi connectivity index (χ2n) is 3.47. The van der Waals surface area contributed by atoms with Crippen LogP contribution in [0, 0.1) is 6.92 Å². The molecule has 7 heteroatoms. The van der Waals surface area contributed by atoms with Crippen LogP contribution in [0.4, 0.5) is 0 Å². The molecule has 0 saturated carbocycles. The summed E-state index contributed by atoms with van der Waals surface area (Å²) in [7, 11) is -1.71. The average Bonchev–Trinajstić information content (AvgIpc) is 2.55. The Morgan fingerprint density at radius 3 is 2.62 bits per heavy atom. The summed E-state index contributed by atoms with van der Waals surface area (Å²) in [4.78, 5) is 0.242. The van der Waals surface area contributed by atoms with Gasteiger partial charge in [-0.3, -0.25) is 4.68 Å². The molecule has 0 saturated heterocycles. The van der Waals surface area contributed by atoms with Crippen molar-refractivity contribution in [2.45, 2.75) is 18.7 Å². The summed E-state index contributed by atoms with van der Waals surface area (Å²) >= 11 is 0. The maximum Gasteiger partial charge on any atom is 0.244 e. The summed E-state index contributed by atoms with van der Waals surface area (Å²) in [6.07, 6.45) is 1.37. The first kappa shape index (κ1) is 13.1. The molecule has 0 aromatic carbocycles. The number of aryl methyl sites for hydroxylation is 1. The van der Waals surface area contributed by atoms with Gasteiger partial charge in [0.15, 0.2) is 0 Å². The smallest absolute Gasteiger partial charge is 0.244 e. The van der Waals surface area contributed by atoms with Crippen LogP contribution >= 0.6 is 0 Å². The Labute approximate surface area is 96.1 Å². The van der Waals surface area contributed by atoms with E-state index in [9.17, 15) is 8.42 Å². The molecule has 2 N–H and O–H groups in total. The summed E-state index contributed by atoms with van der Waals surface area (Å²) in [5.41, 5.74) is 0.635. The molecular weight excluding hydrogens is 228 g/mol. The molecule has 0 amide bonds. The molecule has 0 spiro atoms. The third-order valence-electron chi connectivity index (χ3n) is 2.32. The largest absolute Gasteiger partial charge is 0.316 e. The van der Waals surface area contributed by atoms with E-state index in [4.69, 9.17) is 0 Å². The van der Waals surface area contributed by atoms with Crippen LogP contribution in [0.25, 0.3) is 0 Å². The molecular formula is C9H18N4O2S. The van der Waals surface area contributed by atoms with E-state index in [0.717, 1.165) is 6.54 Å². The first-order valence-electron chi connectivity index (χ1n) is 5.18. The molecule has 1 rings (SSSR count). The van der Waals surface area contributed by atoms with Crippen molar-refractivity contribution in [2.24, 2.45) is 7.05 Å². The van der Waals surface area contributed by atoms with Crippen LogP contribution < -0.4 is 10.0 Å². The van der Waals surface area contributed by atoms with Gasteiger partial charge in [0.2, 0.25) is 10.0 Å². The monoisotopic (exact) mass is 246 g/mol. The van der Waals surface area contributed by atoms with Crippen molar-refractivity contribution in [3.63, 3.8) is 0 Å². The second-order valence-corrected chi connectivity index (χ2v) is 5.20. The van der Waals surface area contributed by atoms with E-state index in [1.807, 2.05) is 6.92 Å². The standard InChI is InChI=1S/C9H18N4O2S/c1-4-10-5-6-12-16(14,15)9-7-11-13(3)8(9)2/h7,10,12H,4-6H2,1-3H3. The van der Waals surface area contributed by atoms with E-state index in [0.29, 0.717) is 18.8 Å². The fourth-order valence-corrected chi connectivity index (χ4v) is 2.50. The first-order chi connectivity index (χ1) is 7.49. The van der Waals surface area contributed by atoms with Crippen LogP contribution in [0.15, 0.2) is 11.1 Å². The van der Waals surface area contributed by atoms with E-state index in [1.165, 1.54) is 6.20 Å². The highest BCUT2D eigenvalue weighted by atomic mass is 32.2. The van der Waals surface area contributed by atoms with Crippen molar-refractivity contribution in [3.8, 4) is 0 Å². The molecule has 92 valence electrons. The van der Waals surface area contributed by atoms with E-state index < -0.39 is 10.0 Å². The van der Waals surface area contributed by atoms with Crippen molar-refractivity contribution in [1.29, 1.82) is 0 Å². The van der Waals surface area contributed by atoms with Crippen molar-refractivity contribution in [2.75, 3.05) is 19.6 Å². The van der Waals surface area contributed by atoms with Gasteiger partial charge in [-0.15, -0.1) is 0 Å². The lowest BCUT2D eigenvalue weighted by atomic mass is 10.5. The van der Waals surface area contributed by atoms with Crippen LogP contribution in [-0.2, 0) is 17.1 Å². The zero-order valence-corrected chi connectivity index (χ0v) is 10.6. The third-order valence-corrected chi connectivity index (χ3v) is 3.89. The van der Waals surface area contributed by atoms with E-state index in [2.05, 4.69) is 15.1 Å². The van der Waals surface area contributed by atoms with E-state index >= 15 is 0 Å². The number of rotatable bonds is 6. The van der Waals surface area contributed by atoms with Crippen molar-refractivity contribution < 1.29 is 8.42 Å². The molecule has 1 aromatic rings. The fraction of sp³-hybridized carbons (Fsp3) is 0.667. The Kier molecular flexibility index (Phi) is 4.45. The predicted octanol–water partition coefficient (Wildman–Crippen LogP) is -0.384. The van der Waals surface area contributed by atoms with Gasteiger partial charge in [0.25, 0.3) is 0 Å². The normalized spacial score (nSPS) is 11.9. The highest BCUT2D eigenvalue weighted by molar-refractivity contribution is 7.89. The summed E-state index contributed by atoms with van der Waals surface area (Å²) < 4.78 is 27.7. The topological polar surface area (TPSA) is 76.0 Å². The molecule has 6 nitrogen and oxygen atoms in total. The quantitative estimate of drug-likeness (QED) is 0.671. The molecule has 0 bridgehead atoms. The summed E-state index contributed by atoms with van der Waals surface area (Å²) in [5, 5.41) is 6.95. The molecule has 1 aromatic heterocycles. The minimum Gasteiger partial charge on any atom is -0.316 e. The lowest BCUT2D eigenvalue weighted by Gasteiger charge is -2.06. The zero-order chi connectivity index (χ0) is 12.2. The minimum absolute atomic E-state index is 0.242. The van der Waals surface area contributed by atoms with Crippen molar-refractivity contribution in [1.82, 2.24) is 19.8 Å². The molecule has 0 unspecified atom stereocenters. The molecule has 0 aliphatic heterocycles. The Balaban J connectivity index is 2.68. The SMILES string of the molecule is CCNCCNS(=O)(=O)c1cnn(C)c1C. The number of hydrogen-bond acceptors (Lipinski definition) is 4. The Bertz CT molecular complexity index is 438. The summed E-state index contributed by atoms with van der Waals surface area (Å²) in [6.45, 7) is 5.53. The van der Waals surface area contributed by atoms with Gasteiger partial charge in [0, 0.05) is 20.1 Å². The lowest BCUT2D eigenvalue weighted by Crippen LogP contribution is -2.32. The van der Waals surface area contributed by atoms with Crippen molar-refractivity contribution in [3.05, 3.63) is 11.9 Å². The molecule has 0 atom stereocenters. The Morgan fingerprint density at radius 2 is 2.12 bits per heavy atom. The van der Waals surface area contributed by atoms with Crippen molar-refractivity contribution >= 4 is 10.0 Å². The maximum atomic E-state index is 11.8. The highest BCUT2D eigenvalue weighted by Crippen LogP contribution is 2.12. The summed E-state index contributed by atoms with van der Waals surface area (Å²) in [5.74, 6) is 0. The average molecular weight is 246 g/mol. The molecule has 0 fully saturated rings. The van der Waals surface area contributed by atoms with Gasteiger partial charge in [-0.2, -0.15) is 5.10 Å². The minimum atomic E-state index is -3.42. The maximum absolute atomic E-state index is 11.8. The Morgan fingerprint density at radius 1 is 1.44 bits per heavy atom. The second kappa shape index (κ2) is 5.42. The predicted molar refractivity (Wildman–Crippen MR) is 61.7 cm³/mol. The van der Waals surface area contributed by atoms with Gasteiger partial charge in [0.1, 0.15) is 4.90 Å². The van der Waals surface area contributed by atoms with Gasteiger partial charge in [-0.25, -0.2) is 13.1 Å². The number of aromatic nitrogens is 2. The van der Waals surface area contributed by atoms with Crippen LogP contribution in [0.3, 0.4) is 0 Å². The van der Waals surface area contributed by atoms with Crippen LogP contribution in [-0.4, -0.2) is 37.8 Å². The number of nitrogens with zero attached hydrogens (tertiary/aromatic N) is 2. The van der Waals surface area contributed by atoms with Gasteiger partial charge in [-0.1, -0.05) is 6.92 Å². The molecule has 0 aliphatic rings. The van der Waals surface area contributed by atoms with Crippen LogP contribution in [0.2, 0.25) is 0 Å². The van der Waals surface area contributed by atoms with E-state index in [1.54, 1.807) is 18.7 Å². The molecule has 0 radical (unpaired) electrons. The molecule has 0 aliphatic carbocycles. The highest BCUT2D eigenvalue weighted by Gasteiger charge is 2.18. The van der Waals surface area contributed by atoms with E-state index in [-0.39, 0.29) is 4.90 Å². The van der Waals surface area contributed by atoms with Gasteiger partial charge in [-0.05, 0) is 13.5 Å². The van der Waals surface area contributed by atoms with Gasteiger partial charge in [0.05, 0.1) is 11.9 Å². The summed E-state index contributed by atoms with van der Waals surface area (Å²) in [6, 6.07) is 0. The fourth-order valence-electron chi connectivity index (χ4n) is 1.27. The number of sulfonamides is 1. The molecule has 16 heavy (non-hydrogen) atoms. The third kappa shape index (κ3) is 3.03. The van der Waals surface area contributed by atoms with Gasteiger partial charge >= 0.3 is 0 Å².